The number of rotatable bonds is 7. The van der Waals surface area contributed by atoms with Crippen LogP contribution in [0.4, 0.5) is 0 Å². The number of likely N-dealkylation sites (tertiary alicyclic amines) is 1. The van der Waals surface area contributed by atoms with Gasteiger partial charge in [-0.3, -0.25) is 14.5 Å². The molecule has 0 bridgehead atoms. The lowest BCUT2D eigenvalue weighted by molar-refractivity contribution is -0.145. The van der Waals surface area contributed by atoms with Crippen molar-refractivity contribution in [2.45, 2.75) is 26.2 Å². The lowest BCUT2D eigenvalue weighted by atomic mass is 9.97. The van der Waals surface area contributed by atoms with Crippen LogP contribution in [0, 0.1) is 5.92 Å². The number of esters is 1. The van der Waals surface area contributed by atoms with E-state index in [0.717, 1.165) is 32.5 Å². The third kappa shape index (κ3) is 5.60. The molecule has 0 amide bonds. The highest BCUT2D eigenvalue weighted by Crippen LogP contribution is 2.17. The average molecular weight is 257 g/mol. The molecule has 1 heterocycles. The Labute approximate surface area is 108 Å². The minimum Gasteiger partial charge on any atom is -0.466 e. The van der Waals surface area contributed by atoms with Gasteiger partial charge in [0.05, 0.1) is 13.2 Å². The normalized spacial score (nSPS) is 17.7. The van der Waals surface area contributed by atoms with E-state index in [4.69, 9.17) is 9.47 Å². The number of hydrogen-bond acceptors (Lipinski definition) is 5. The van der Waals surface area contributed by atoms with E-state index in [9.17, 15) is 9.59 Å². The Morgan fingerprint density at radius 3 is 2.50 bits per heavy atom. The van der Waals surface area contributed by atoms with E-state index in [2.05, 4.69) is 4.90 Å². The third-order valence-electron chi connectivity index (χ3n) is 3.16. The summed E-state index contributed by atoms with van der Waals surface area (Å²) >= 11 is 0. The Morgan fingerprint density at radius 2 is 1.94 bits per heavy atom. The number of methoxy groups -OCH3 is 1. The summed E-state index contributed by atoms with van der Waals surface area (Å²) in [5.41, 5.74) is 0. The monoisotopic (exact) mass is 257 g/mol. The molecule has 0 aromatic carbocycles. The number of carbonyl (C=O) groups excluding carboxylic acids is 2. The summed E-state index contributed by atoms with van der Waals surface area (Å²) in [6.45, 7) is 5.03. The molecule has 1 rings (SSSR count). The van der Waals surface area contributed by atoms with E-state index in [1.54, 1.807) is 14.0 Å². The van der Waals surface area contributed by atoms with Gasteiger partial charge in [-0.2, -0.15) is 0 Å². The fraction of sp³-hybridized carbons (Fsp3) is 0.846. The van der Waals surface area contributed by atoms with Crippen LogP contribution in [-0.2, 0) is 19.1 Å². The quantitative estimate of drug-likeness (QED) is 0.500. The van der Waals surface area contributed by atoms with Crippen LogP contribution in [0.5, 0.6) is 0 Å². The molecular formula is C13H23NO4. The van der Waals surface area contributed by atoms with Crippen molar-refractivity contribution in [2.24, 2.45) is 5.92 Å². The number of ketones is 1. The molecule has 104 valence electrons. The zero-order chi connectivity index (χ0) is 13.4. The van der Waals surface area contributed by atoms with Crippen LogP contribution in [0.1, 0.15) is 26.2 Å². The Bertz CT molecular complexity index is 272. The molecule has 0 unspecified atom stereocenters. The van der Waals surface area contributed by atoms with Crippen LogP contribution < -0.4 is 0 Å². The van der Waals surface area contributed by atoms with E-state index in [1.807, 2.05) is 0 Å². The van der Waals surface area contributed by atoms with Crippen LogP contribution in [-0.4, -0.2) is 56.6 Å². The van der Waals surface area contributed by atoms with Crippen molar-refractivity contribution in [1.29, 1.82) is 0 Å². The van der Waals surface area contributed by atoms with Gasteiger partial charge in [0.15, 0.2) is 5.78 Å². The van der Waals surface area contributed by atoms with Crippen molar-refractivity contribution in [3.05, 3.63) is 0 Å². The van der Waals surface area contributed by atoms with Gasteiger partial charge in [0.1, 0.15) is 6.42 Å². The molecular weight excluding hydrogens is 234 g/mol. The fourth-order valence-electron chi connectivity index (χ4n) is 2.23. The van der Waals surface area contributed by atoms with Gasteiger partial charge < -0.3 is 9.47 Å². The fourth-order valence-corrected chi connectivity index (χ4v) is 2.23. The number of Topliss-reactive ketones (excluding diaryl/α,β-unsaturated/α-hetero) is 1. The van der Waals surface area contributed by atoms with E-state index in [0.29, 0.717) is 19.1 Å². The number of hydrogen-bond donors (Lipinski definition) is 0. The number of carbonyl (C=O) groups is 2. The van der Waals surface area contributed by atoms with Crippen LogP contribution in [0.2, 0.25) is 0 Å². The molecule has 0 spiro atoms. The molecule has 18 heavy (non-hydrogen) atoms. The van der Waals surface area contributed by atoms with Crippen molar-refractivity contribution >= 4 is 11.8 Å². The Balaban J connectivity index is 2.20. The Kier molecular flexibility index (Phi) is 6.90. The van der Waals surface area contributed by atoms with Gasteiger partial charge in [-0.25, -0.2) is 0 Å². The van der Waals surface area contributed by atoms with Gasteiger partial charge in [0, 0.05) is 13.7 Å². The molecule has 5 heteroatoms. The standard InChI is InChI=1S/C13H23NO4/c1-3-18-13(16)8-12(15)9-14-6-4-11(5-7-14)10-17-2/h11H,3-10H2,1-2H3. The number of ether oxygens (including phenoxy) is 2. The molecule has 5 nitrogen and oxygen atoms in total. The molecule has 0 saturated carbocycles. The topological polar surface area (TPSA) is 55.8 Å². The second kappa shape index (κ2) is 8.21. The zero-order valence-electron chi connectivity index (χ0n) is 11.3. The summed E-state index contributed by atoms with van der Waals surface area (Å²) in [6, 6.07) is 0. The van der Waals surface area contributed by atoms with Gasteiger partial charge in [-0.15, -0.1) is 0 Å². The highest BCUT2D eigenvalue weighted by atomic mass is 16.5. The Hall–Kier alpha value is -0.940. The highest BCUT2D eigenvalue weighted by molar-refractivity contribution is 5.96. The SMILES string of the molecule is CCOC(=O)CC(=O)CN1CCC(COC)CC1. The molecule has 0 N–H and O–H groups in total. The van der Waals surface area contributed by atoms with Gasteiger partial charge in [-0.05, 0) is 38.8 Å². The molecule has 0 atom stereocenters. The third-order valence-corrected chi connectivity index (χ3v) is 3.16. The molecule has 0 radical (unpaired) electrons. The lowest BCUT2D eigenvalue weighted by Gasteiger charge is -2.30. The average Bonchev–Trinajstić information content (AvgIpc) is 2.32. The molecule has 1 saturated heterocycles. The van der Waals surface area contributed by atoms with E-state index in [1.165, 1.54) is 0 Å². The molecule has 1 aliphatic rings. The summed E-state index contributed by atoms with van der Waals surface area (Å²) in [5, 5.41) is 0. The first-order valence-corrected chi connectivity index (χ1v) is 6.54. The summed E-state index contributed by atoms with van der Waals surface area (Å²) in [6.07, 6.45) is 2.01. The maximum absolute atomic E-state index is 11.6. The summed E-state index contributed by atoms with van der Waals surface area (Å²) < 4.78 is 9.89. The van der Waals surface area contributed by atoms with Gasteiger partial charge in [0.25, 0.3) is 0 Å². The van der Waals surface area contributed by atoms with Crippen LogP contribution in [0.3, 0.4) is 0 Å². The van der Waals surface area contributed by atoms with E-state index >= 15 is 0 Å². The molecule has 0 aliphatic carbocycles. The molecule has 1 fully saturated rings. The largest absolute Gasteiger partial charge is 0.466 e. The Morgan fingerprint density at radius 1 is 1.28 bits per heavy atom. The maximum Gasteiger partial charge on any atom is 0.313 e. The minimum absolute atomic E-state index is 0.0568. The smallest absolute Gasteiger partial charge is 0.313 e. The van der Waals surface area contributed by atoms with Crippen molar-refractivity contribution in [1.82, 2.24) is 4.90 Å². The minimum atomic E-state index is -0.420. The first-order chi connectivity index (χ1) is 8.65. The molecule has 0 aromatic rings. The van der Waals surface area contributed by atoms with E-state index in [-0.39, 0.29) is 12.2 Å². The molecule has 0 aromatic heterocycles. The highest BCUT2D eigenvalue weighted by Gasteiger charge is 2.21. The van der Waals surface area contributed by atoms with Crippen molar-refractivity contribution < 1.29 is 19.1 Å². The van der Waals surface area contributed by atoms with Crippen molar-refractivity contribution in [2.75, 3.05) is 40.0 Å². The number of piperidine rings is 1. The molecule has 1 aliphatic heterocycles. The maximum atomic E-state index is 11.6. The second-order valence-corrected chi connectivity index (χ2v) is 4.70. The lowest BCUT2D eigenvalue weighted by Crippen LogP contribution is -2.38. The predicted octanol–water partition coefficient (Wildman–Crippen LogP) is 0.867. The van der Waals surface area contributed by atoms with Crippen molar-refractivity contribution in [3.63, 3.8) is 0 Å². The van der Waals surface area contributed by atoms with Crippen molar-refractivity contribution in [3.8, 4) is 0 Å². The number of nitrogens with zero attached hydrogens (tertiary/aromatic N) is 1. The van der Waals surface area contributed by atoms with E-state index < -0.39 is 5.97 Å². The van der Waals surface area contributed by atoms with Gasteiger partial charge in [-0.1, -0.05) is 0 Å². The zero-order valence-corrected chi connectivity index (χ0v) is 11.3. The van der Waals surface area contributed by atoms with Crippen LogP contribution in [0.25, 0.3) is 0 Å². The summed E-state index contributed by atoms with van der Waals surface area (Å²) in [7, 11) is 1.72. The first kappa shape index (κ1) is 15.1. The summed E-state index contributed by atoms with van der Waals surface area (Å²) in [4.78, 5) is 24.9. The van der Waals surface area contributed by atoms with Gasteiger partial charge >= 0.3 is 5.97 Å². The van der Waals surface area contributed by atoms with Crippen LogP contribution in [0.15, 0.2) is 0 Å². The summed E-state index contributed by atoms with van der Waals surface area (Å²) in [5.74, 6) is 0.127. The van der Waals surface area contributed by atoms with Gasteiger partial charge in [0.2, 0.25) is 0 Å². The van der Waals surface area contributed by atoms with Crippen LogP contribution >= 0.6 is 0 Å². The second-order valence-electron chi connectivity index (χ2n) is 4.70. The predicted molar refractivity (Wildman–Crippen MR) is 67.3 cm³/mol. The first-order valence-electron chi connectivity index (χ1n) is 6.54.